The third-order valence-corrected chi connectivity index (χ3v) is 3.29. The first kappa shape index (κ1) is 11.9. The van der Waals surface area contributed by atoms with Crippen LogP contribution in [-0.4, -0.2) is 19.8 Å². The molecule has 0 radical (unpaired) electrons. The van der Waals surface area contributed by atoms with E-state index in [0.29, 0.717) is 0 Å². The van der Waals surface area contributed by atoms with Crippen molar-refractivity contribution >= 4 is 5.69 Å². The molecule has 2 aromatic carbocycles. The summed E-state index contributed by atoms with van der Waals surface area (Å²) < 4.78 is 11.0. The zero-order chi connectivity index (χ0) is 13.2. The van der Waals surface area contributed by atoms with Crippen LogP contribution in [0.5, 0.6) is 11.5 Å². The minimum absolute atomic E-state index is 0.218. The topological polar surface area (TPSA) is 30.5 Å². The largest absolute Gasteiger partial charge is 0.497 e. The molecule has 3 rings (SSSR count). The van der Waals surface area contributed by atoms with Crippen molar-refractivity contribution in [1.82, 2.24) is 0 Å². The lowest BCUT2D eigenvalue weighted by Gasteiger charge is -2.25. The molecular formula is C16H17NO2. The van der Waals surface area contributed by atoms with E-state index < -0.39 is 0 Å². The highest BCUT2D eigenvalue weighted by Crippen LogP contribution is 2.34. The molecule has 1 unspecified atom stereocenters. The van der Waals surface area contributed by atoms with Gasteiger partial charge < -0.3 is 14.8 Å². The zero-order valence-electron chi connectivity index (χ0n) is 11.1. The Bertz CT molecular complexity index is 595. The monoisotopic (exact) mass is 255 g/mol. The van der Waals surface area contributed by atoms with Crippen LogP contribution in [0.3, 0.4) is 0 Å². The van der Waals surface area contributed by atoms with Crippen molar-refractivity contribution in [2.45, 2.75) is 13.0 Å². The average molecular weight is 255 g/mol. The number of fused-ring (bicyclic) bond motifs is 1. The number of nitrogens with one attached hydrogen (secondary N) is 1. The number of hydrogen-bond donors (Lipinski definition) is 1. The van der Waals surface area contributed by atoms with Gasteiger partial charge in [0.05, 0.1) is 19.3 Å². The van der Waals surface area contributed by atoms with E-state index in [1.807, 2.05) is 24.3 Å². The Hall–Kier alpha value is -2.16. The number of anilines is 1. The number of ether oxygens (including phenoxy) is 2. The minimum Gasteiger partial charge on any atom is -0.497 e. The second-order valence-corrected chi connectivity index (χ2v) is 4.75. The standard InChI is InChI=1S/C16H17NO2/c1-11-10-17-15-9-13(6-7-16(15)19-11)12-4-3-5-14(8-12)18-2/h3-9,11,17H,10H2,1-2H3. The maximum absolute atomic E-state index is 5.78. The van der Waals surface area contributed by atoms with Crippen LogP contribution in [0.15, 0.2) is 42.5 Å². The van der Waals surface area contributed by atoms with Gasteiger partial charge in [0, 0.05) is 0 Å². The van der Waals surface area contributed by atoms with Crippen LogP contribution in [-0.2, 0) is 0 Å². The van der Waals surface area contributed by atoms with Crippen LogP contribution in [0, 0.1) is 0 Å². The number of rotatable bonds is 2. The first-order valence-corrected chi connectivity index (χ1v) is 6.45. The van der Waals surface area contributed by atoms with Gasteiger partial charge in [-0.05, 0) is 42.3 Å². The summed E-state index contributed by atoms with van der Waals surface area (Å²) in [4.78, 5) is 0. The molecule has 0 fully saturated rings. The van der Waals surface area contributed by atoms with Crippen LogP contribution < -0.4 is 14.8 Å². The molecule has 2 aromatic rings. The smallest absolute Gasteiger partial charge is 0.142 e. The molecule has 0 amide bonds. The first-order valence-electron chi connectivity index (χ1n) is 6.45. The number of hydrogen-bond acceptors (Lipinski definition) is 3. The summed E-state index contributed by atoms with van der Waals surface area (Å²) in [5.74, 6) is 1.79. The summed E-state index contributed by atoms with van der Waals surface area (Å²) in [5, 5.41) is 3.39. The van der Waals surface area contributed by atoms with Gasteiger partial charge >= 0.3 is 0 Å². The molecule has 1 atom stereocenters. The quantitative estimate of drug-likeness (QED) is 0.890. The molecule has 0 bridgehead atoms. The highest BCUT2D eigenvalue weighted by Gasteiger charge is 2.15. The number of methoxy groups -OCH3 is 1. The fraction of sp³-hybridized carbons (Fsp3) is 0.250. The highest BCUT2D eigenvalue weighted by atomic mass is 16.5. The Labute approximate surface area is 113 Å². The Kier molecular flexibility index (Phi) is 3.03. The van der Waals surface area contributed by atoms with E-state index in [4.69, 9.17) is 9.47 Å². The molecule has 0 saturated heterocycles. The van der Waals surface area contributed by atoms with E-state index in [2.05, 4.69) is 30.4 Å². The van der Waals surface area contributed by atoms with Crippen molar-refractivity contribution in [3.05, 3.63) is 42.5 Å². The summed E-state index contributed by atoms with van der Waals surface area (Å²) in [6.07, 6.45) is 0.218. The summed E-state index contributed by atoms with van der Waals surface area (Å²) in [6, 6.07) is 14.3. The Morgan fingerprint density at radius 2 is 2.00 bits per heavy atom. The van der Waals surface area contributed by atoms with Crippen molar-refractivity contribution in [1.29, 1.82) is 0 Å². The van der Waals surface area contributed by atoms with E-state index in [-0.39, 0.29) is 6.10 Å². The van der Waals surface area contributed by atoms with Gasteiger partial charge in [0.25, 0.3) is 0 Å². The normalized spacial score (nSPS) is 17.1. The van der Waals surface area contributed by atoms with Gasteiger partial charge in [-0.15, -0.1) is 0 Å². The Morgan fingerprint density at radius 3 is 2.84 bits per heavy atom. The third-order valence-electron chi connectivity index (χ3n) is 3.29. The second-order valence-electron chi connectivity index (χ2n) is 4.75. The third kappa shape index (κ3) is 2.36. The van der Waals surface area contributed by atoms with Crippen molar-refractivity contribution < 1.29 is 9.47 Å². The molecule has 0 spiro atoms. The number of benzene rings is 2. The Morgan fingerprint density at radius 1 is 1.16 bits per heavy atom. The molecule has 98 valence electrons. The lowest BCUT2D eigenvalue weighted by Crippen LogP contribution is -2.27. The predicted octanol–water partition coefficient (Wildman–Crippen LogP) is 3.56. The molecule has 1 N–H and O–H groups in total. The molecule has 1 aliphatic rings. The predicted molar refractivity (Wildman–Crippen MR) is 77.0 cm³/mol. The molecule has 19 heavy (non-hydrogen) atoms. The van der Waals surface area contributed by atoms with Gasteiger partial charge in [-0.2, -0.15) is 0 Å². The molecule has 1 heterocycles. The fourth-order valence-electron chi connectivity index (χ4n) is 2.27. The van der Waals surface area contributed by atoms with Crippen molar-refractivity contribution in [3.63, 3.8) is 0 Å². The van der Waals surface area contributed by atoms with Gasteiger partial charge in [0.2, 0.25) is 0 Å². The van der Waals surface area contributed by atoms with Crippen molar-refractivity contribution in [3.8, 4) is 22.6 Å². The maximum Gasteiger partial charge on any atom is 0.142 e. The van der Waals surface area contributed by atoms with Gasteiger partial charge in [-0.25, -0.2) is 0 Å². The maximum atomic E-state index is 5.78. The summed E-state index contributed by atoms with van der Waals surface area (Å²) >= 11 is 0. The molecule has 1 aliphatic heterocycles. The van der Waals surface area contributed by atoms with Crippen LogP contribution >= 0.6 is 0 Å². The van der Waals surface area contributed by atoms with Gasteiger partial charge in [-0.1, -0.05) is 18.2 Å². The van der Waals surface area contributed by atoms with Crippen molar-refractivity contribution in [2.24, 2.45) is 0 Å². The highest BCUT2D eigenvalue weighted by molar-refractivity contribution is 5.73. The molecule has 0 aromatic heterocycles. The summed E-state index contributed by atoms with van der Waals surface area (Å²) in [6.45, 7) is 2.90. The van der Waals surface area contributed by atoms with E-state index in [9.17, 15) is 0 Å². The SMILES string of the molecule is COc1cccc(-c2ccc3c(c2)NCC(C)O3)c1. The second kappa shape index (κ2) is 4.84. The average Bonchev–Trinajstić information content (AvgIpc) is 2.46. The van der Waals surface area contributed by atoms with Gasteiger partial charge in [0.1, 0.15) is 17.6 Å². The lowest BCUT2D eigenvalue weighted by atomic mass is 10.0. The van der Waals surface area contributed by atoms with E-state index in [1.54, 1.807) is 7.11 Å². The molecule has 0 saturated carbocycles. The Balaban J connectivity index is 1.97. The van der Waals surface area contributed by atoms with Crippen LogP contribution in [0.25, 0.3) is 11.1 Å². The summed E-state index contributed by atoms with van der Waals surface area (Å²) in [5.41, 5.74) is 3.35. The van der Waals surface area contributed by atoms with E-state index >= 15 is 0 Å². The minimum atomic E-state index is 0.218. The van der Waals surface area contributed by atoms with Crippen molar-refractivity contribution in [2.75, 3.05) is 19.0 Å². The van der Waals surface area contributed by atoms with Gasteiger partial charge in [0.15, 0.2) is 0 Å². The molecule has 3 nitrogen and oxygen atoms in total. The lowest BCUT2D eigenvalue weighted by molar-refractivity contribution is 0.226. The fourth-order valence-corrected chi connectivity index (χ4v) is 2.27. The van der Waals surface area contributed by atoms with Gasteiger partial charge in [-0.3, -0.25) is 0 Å². The van der Waals surface area contributed by atoms with Crippen LogP contribution in [0.1, 0.15) is 6.92 Å². The molecule has 0 aliphatic carbocycles. The van der Waals surface area contributed by atoms with Crippen LogP contribution in [0.2, 0.25) is 0 Å². The summed E-state index contributed by atoms with van der Waals surface area (Å²) in [7, 11) is 1.68. The molecular weight excluding hydrogens is 238 g/mol. The zero-order valence-corrected chi connectivity index (χ0v) is 11.1. The molecule has 3 heteroatoms. The van der Waals surface area contributed by atoms with E-state index in [0.717, 1.165) is 34.9 Å². The van der Waals surface area contributed by atoms with E-state index in [1.165, 1.54) is 0 Å². The first-order chi connectivity index (χ1) is 9.26. The van der Waals surface area contributed by atoms with Crippen LogP contribution in [0.4, 0.5) is 5.69 Å².